The molecule has 1 aromatic heterocycles. The molecular formula is C12H10O5S. The first-order chi connectivity index (χ1) is 8.38. The largest absolute Gasteiger partial charge is 0.453 e. The van der Waals surface area contributed by atoms with Gasteiger partial charge in [-0.25, -0.2) is 0 Å². The number of hydrogen-bond donors (Lipinski definition) is 1. The summed E-state index contributed by atoms with van der Waals surface area (Å²) in [5, 5.41) is 0. The molecule has 0 radical (unpaired) electrons. The van der Waals surface area contributed by atoms with Crippen molar-refractivity contribution < 1.29 is 22.2 Å². The first-order valence-electron chi connectivity index (χ1n) is 5.06. The zero-order valence-corrected chi connectivity index (χ0v) is 10.3. The van der Waals surface area contributed by atoms with Crippen LogP contribution in [0.25, 0.3) is 11.3 Å². The molecule has 0 saturated carbocycles. The van der Waals surface area contributed by atoms with Crippen molar-refractivity contribution in [2.24, 2.45) is 0 Å². The molecule has 6 heteroatoms. The Morgan fingerprint density at radius 3 is 2.50 bits per heavy atom. The Labute approximate surface area is 104 Å². The predicted molar refractivity (Wildman–Crippen MR) is 64.0 cm³/mol. The van der Waals surface area contributed by atoms with Crippen LogP contribution < -0.4 is 0 Å². The smallest absolute Gasteiger partial charge is 0.294 e. The van der Waals surface area contributed by atoms with Crippen molar-refractivity contribution in [2.45, 2.75) is 11.8 Å². The third-order valence-electron chi connectivity index (χ3n) is 2.37. The highest BCUT2D eigenvalue weighted by atomic mass is 32.2. The molecule has 0 aliphatic carbocycles. The molecule has 2 rings (SSSR count). The summed E-state index contributed by atoms with van der Waals surface area (Å²) in [4.78, 5) is 10.9. The minimum absolute atomic E-state index is 0.197. The van der Waals surface area contributed by atoms with E-state index in [1.807, 2.05) is 0 Å². The van der Waals surface area contributed by atoms with Crippen LogP contribution in [0.4, 0.5) is 0 Å². The summed E-state index contributed by atoms with van der Waals surface area (Å²) in [6.45, 7) is 1.37. The number of hydrogen-bond acceptors (Lipinski definition) is 4. The zero-order chi connectivity index (χ0) is 13.3. The second kappa shape index (κ2) is 4.40. The van der Waals surface area contributed by atoms with Gasteiger partial charge in [0.05, 0.1) is 4.90 Å². The van der Waals surface area contributed by atoms with Crippen LogP contribution in [-0.4, -0.2) is 18.8 Å². The number of ketones is 1. The van der Waals surface area contributed by atoms with E-state index in [1.165, 1.54) is 31.2 Å². The van der Waals surface area contributed by atoms with E-state index < -0.39 is 10.1 Å². The molecule has 0 saturated heterocycles. The van der Waals surface area contributed by atoms with E-state index >= 15 is 0 Å². The van der Waals surface area contributed by atoms with Gasteiger partial charge in [-0.2, -0.15) is 8.42 Å². The van der Waals surface area contributed by atoms with E-state index in [0.29, 0.717) is 11.3 Å². The van der Waals surface area contributed by atoms with Gasteiger partial charge in [-0.3, -0.25) is 9.35 Å². The van der Waals surface area contributed by atoms with E-state index in [1.54, 1.807) is 12.1 Å². The topological polar surface area (TPSA) is 84.6 Å². The van der Waals surface area contributed by atoms with Crippen LogP contribution in [0.3, 0.4) is 0 Å². The SMILES string of the molecule is CC(=O)c1ccc(-c2cccc(S(=O)(=O)O)c2)o1. The molecule has 1 aromatic carbocycles. The highest BCUT2D eigenvalue weighted by molar-refractivity contribution is 7.85. The molecule has 1 N–H and O–H groups in total. The van der Waals surface area contributed by atoms with Crippen molar-refractivity contribution in [2.75, 3.05) is 0 Å². The molecular weight excluding hydrogens is 256 g/mol. The van der Waals surface area contributed by atoms with E-state index in [2.05, 4.69) is 0 Å². The fourth-order valence-corrected chi connectivity index (χ4v) is 2.02. The summed E-state index contributed by atoms with van der Waals surface area (Å²) < 4.78 is 36.2. The van der Waals surface area contributed by atoms with Crippen LogP contribution in [0.15, 0.2) is 45.7 Å². The first-order valence-corrected chi connectivity index (χ1v) is 6.50. The third kappa shape index (κ3) is 2.49. The lowest BCUT2D eigenvalue weighted by Crippen LogP contribution is -1.97. The molecule has 0 bridgehead atoms. The van der Waals surface area contributed by atoms with Gasteiger partial charge in [0.15, 0.2) is 11.5 Å². The molecule has 0 amide bonds. The number of benzene rings is 1. The lowest BCUT2D eigenvalue weighted by molar-refractivity contribution is 0.0988. The van der Waals surface area contributed by atoms with Gasteiger partial charge in [0.1, 0.15) is 5.76 Å². The van der Waals surface area contributed by atoms with Crippen LogP contribution in [-0.2, 0) is 10.1 Å². The fraction of sp³-hybridized carbons (Fsp3) is 0.0833. The maximum Gasteiger partial charge on any atom is 0.294 e. The Morgan fingerprint density at radius 2 is 1.94 bits per heavy atom. The van der Waals surface area contributed by atoms with Gasteiger partial charge in [-0.1, -0.05) is 12.1 Å². The molecule has 0 aliphatic rings. The molecule has 0 spiro atoms. The van der Waals surface area contributed by atoms with E-state index in [9.17, 15) is 13.2 Å². The van der Waals surface area contributed by atoms with Crippen LogP contribution in [0.1, 0.15) is 17.5 Å². The Kier molecular flexibility index (Phi) is 3.06. The fourth-order valence-electron chi connectivity index (χ4n) is 1.49. The van der Waals surface area contributed by atoms with Gasteiger partial charge in [0.25, 0.3) is 10.1 Å². The lowest BCUT2D eigenvalue weighted by atomic mass is 10.2. The minimum Gasteiger partial charge on any atom is -0.453 e. The van der Waals surface area contributed by atoms with Gasteiger partial charge in [0, 0.05) is 12.5 Å². The molecule has 0 unspecified atom stereocenters. The van der Waals surface area contributed by atoms with Crippen molar-refractivity contribution in [1.29, 1.82) is 0 Å². The van der Waals surface area contributed by atoms with Crippen molar-refractivity contribution >= 4 is 15.9 Å². The van der Waals surface area contributed by atoms with Crippen molar-refractivity contribution in [1.82, 2.24) is 0 Å². The third-order valence-corrected chi connectivity index (χ3v) is 3.22. The first kappa shape index (κ1) is 12.5. The predicted octanol–water partition coefficient (Wildman–Crippen LogP) is 2.40. The number of furan rings is 1. The summed E-state index contributed by atoms with van der Waals surface area (Å²) in [6, 6.07) is 8.73. The van der Waals surface area contributed by atoms with Gasteiger partial charge >= 0.3 is 0 Å². The summed E-state index contributed by atoms with van der Waals surface area (Å²) in [6.07, 6.45) is 0. The van der Waals surface area contributed by atoms with E-state index in [4.69, 9.17) is 8.97 Å². The van der Waals surface area contributed by atoms with E-state index in [0.717, 1.165) is 0 Å². The van der Waals surface area contributed by atoms with Crippen molar-refractivity contribution in [3.05, 3.63) is 42.2 Å². The van der Waals surface area contributed by atoms with Gasteiger partial charge in [-0.05, 0) is 24.3 Å². The van der Waals surface area contributed by atoms with Crippen LogP contribution in [0.5, 0.6) is 0 Å². The Morgan fingerprint density at radius 1 is 1.22 bits per heavy atom. The lowest BCUT2D eigenvalue weighted by Gasteiger charge is -2.00. The molecule has 94 valence electrons. The summed E-state index contributed by atoms with van der Waals surface area (Å²) in [5.74, 6) is 0.347. The van der Waals surface area contributed by atoms with Gasteiger partial charge in [-0.15, -0.1) is 0 Å². The monoisotopic (exact) mass is 266 g/mol. The highest BCUT2D eigenvalue weighted by Crippen LogP contribution is 2.24. The van der Waals surface area contributed by atoms with Crippen molar-refractivity contribution in [3.8, 4) is 11.3 Å². The average molecular weight is 266 g/mol. The van der Waals surface area contributed by atoms with E-state index in [-0.39, 0.29) is 16.4 Å². The highest BCUT2D eigenvalue weighted by Gasteiger charge is 2.13. The van der Waals surface area contributed by atoms with Gasteiger partial charge in [0.2, 0.25) is 0 Å². The maximum absolute atomic E-state index is 11.1. The number of carbonyl (C=O) groups is 1. The Bertz CT molecular complexity index is 697. The standard InChI is InChI=1S/C12H10O5S/c1-8(13)11-5-6-12(17-11)9-3-2-4-10(7-9)18(14,15)16/h2-7H,1H3,(H,14,15,16). The maximum atomic E-state index is 11.1. The average Bonchev–Trinajstić information content (AvgIpc) is 2.77. The molecule has 2 aromatic rings. The summed E-state index contributed by atoms with van der Waals surface area (Å²) in [7, 11) is -4.25. The van der Waals surface area contributed by atoms with Crippen LogP contribution in [0.2, 0.25) is 0 Å². The minimum atomic E-state index is -4.25. The van der Waals surface area contributed by atoms with Crippen LogP contribution in [0, 0.1) is 0 Å². The molecule has 0 aliphatic heterocycles. The number of carbonyl (C=O) groups excluding carboxylic acids is 1. The van der Waals surface area contributed by atoms with Crippen molar-refractivity contribution in [3.63, 3.8) is 0 Å². The number of rotatable bonds is 3. The normalized spacial score (nSPS) is 11.4. The molecule has 0 atom stereocenters. The molecule has 0 fully saturated rings. The van der Waals surface area contributed by atoms with Crippen LogP contribution >= 0.6 is 0 Å². The summed E-state index contributed by atoms with van der Waals surface area (Å²) >= 11 is 0. The zero-order valence-electron chi connectivity index (χ0n) is 9.45. The molecule has 1 heterocycles. The number of Topliss-reactive ketones (excluding diaryl/α,β-unsaturated/α-hetero) is 1. The molecule has 18 heavy (non-hydrogen) atoms. The Balaban J connectivity index is 2.48. The van der Waals surface area contributed by atoms with Gasteiger partial charge < -0.3 is 4.42 Å². The Hall–Kier alpha value is -1.92. The quantitative estimate of drug-likeness (QED) is 0.681. The molecule has 5 nitrogen and oxygen atoms in total. The second-order valence-electron chi connectivity index (χ2n) is 3.72. The summed E-state index contributed by atoms with van der Waals surface area (Å²) in [5.41, 5.74) is 0.470. The second-order valence-corrected chi connectivity index (χ2v) is 5.14.